The van der Waals surface area contributed by atoms with Crippen molar-refractivity contribution >= 4 is 11.9 Å². The Bertz CT molecular complexity index is 613. The number of esters is 1. The van der Waals surface area contributed by atoms with E-state index in [1.807, 2.05) is 0 Å². The summed E-state index contributed by atoms with van der Waals surface area (Å²) in [5.74, 6) is -1.82. The summed E-state index contributed by atoms with van der Waals surface area (Å²) >= 11 is 0. The lowest BCUT2D eigenvalue weighted by Crippen LogP contribution is -2.43. The first-order chi connectivity index (χ1) is 10.1. The Morgan fingerprint density at radius 1 is 1.43 bits per heavy atom. The Kier molecular flexibility index (Phi) is 4.60. The van der Waals surface area contributed by atoms with Crippen LogP contribution in [0.15, 0.2) is 30.9 Å². The fraction of sp³-hybridized carbons (Fsp3) is 0.231. The van der Waals surface area contributed by atoms with Crippen LogP contribution in [-0.2, 0) is 16.0 Å². The molecule has 2 N–H and O–H groups in total. The van der Waals surface area contributed by atoms with Crippen LogP contribution in [0.4, 0.5) is 4.39 Å². The van der Waals surface area contributed by atoms with Crippen LogP contribution in [0.3, 0.4) is 0 Å². The zero-order valence-corrected chi connectivity index (χ0v) is 11.2. The maximum Gasteiger partial charge on any atom is 0.328 e. The van der Waals surface area contributed by atoms with Crippen molar-refractivity contribution in [2.45, 2.75) is 12.5 Å². The summed E-state index contributed by atoms with van der Waals surface area (Å²) in [6.07, 6.45) is 4.30. The zero-order chi connectivity index (χ0) is 15.2. The molecule has 8 heteroatoms. The molecule has 110 valence electrons. The van der Waals surface area contributed by atoms with Crippen LogP contribution in [0, 0.1) is 5.95 Å². The third kappa shape index (κ3) is 3.85. The smallest absolute Gasteiger partial charge is 0.328 e. The number of carbonyl (C=O) groups is 2. The lowest BCUT2D eigenvalue weighted by atomic mass is 10.1. The number of aromatic amines is 1. The molecule has 2 aromatic rings. The predicted octanol–water partition coefficient (Wildman–Crippen LogP) is 0.458. The van der Waals surface area contributed by atoms with Crippen molar-refractivity contribution in [1.29, 1.82) is 0 Å². The minimum Gasteiger partial charge on any atom is -0.467 e. The standard InChI is InChI=1S/C13H13FN4O3/c1-21-13(20)10(4-9-6-15-7-17-9)18-12(19)8-2-3-11(14)16-5-8/h2-3,5-7,10H,4H2,1H3,(H,15,17)(H,18,19)/t10-/m0/s1. The summed E-state index contributed by atoms with van der Waals surface area (Å²) in [5.41, 5.74) is 0.817. The first-order valence-electron chi connectivity index (χ1n) is 6.07. The Hall–Kier alpha value is -2.77. The molecule has 0 aliphatic carbocycles. The van der Waals surface area contributed by atoms with Crippen LogP contribution in [-0.4, -0.2) is 40.0 Å². The molecule has 2 rings (SSSR count). The predicted molar refractivity (Wildman–Crippen MR) is 69.8 cm³/mol. The summed E-state index contributed by atoms with van der Waals surface area (Å²) in [4.78, 5) is 33.8. The molecular weight excluding hydrogens is 279 g/mol. The molecule has 0 fully saturated rings. The summed E-state index contributed by atoms with van der Waals surface area (Å²) < 4.78 is 17.4. The molecule has 7 nitrogen and oxygen atoms in total. The van der Waals surface area contributed by atoms with Gasteiger partial charge in [-0.05, 0) is 12.1 Å². The van der Waals surface area contributed by atoms with Gasteiger partial charge in [0.1, 0.15) is 6.04 Å². The first kappa shape index (κ1) is 14.6. The van der Waals surface area contributed by atoms with Crippen molar-refractivity contribution in [2.24, 2.45) is 0 Å². The number of rotatable bonds is 5. The molecule has 2 aromatic heterocycles. The Morgan fingerprint density at radius 3 is 2.81 bits per heavy atom. The molecule has 0 radical (unpaired) electrons. The number of methoxy groups -OCH3 is 1. The fourth-order valence-electron chi connectivity index (χ4n) is 1.70. The molecular formula is C13H13FN4O3. The van der Waals surface area contributed by atoms with Crippen molar-refractivity contribution in [2.75, 3.05) is 7.11 Å². The van der Waals surface area contributed by atoms with Gasteiger partial charge in [-0.1, -0.05) is 0 Å². The molecule has 0 saturated heterocycles. The van der Waals surface area contributed by atoms with Gasteiger partial charge in [0.25, 0.3) is 5.91 Å². The highest BCUT2D eigenvalue weighted by molar-refractivity contribution is 5.96. The average molecular weight is 292 g/mol. The second kappa shape index (κ2) is 6.60. The number of carbonyl (C=O) groups excluding carboxylic acids is 2. The number of imidazole rings is 1. The van der Waals surface area contributed by atoms with Gasteiger partial charge < -0.3 is 15.0 Å². The third-order valence-corrected chi connectivity index (χ3v) is 2.76. The Labute approximate surface area is 119 Å². The number of nitrogens with one attached hydrogen (secondary N) is 2. The van der Waals surface area contributed by atoms with E-state index in [1.54, 1.807) is 6.20 Å². The number of ether oxygens (including phenoxy) is 1. The molecule has 0 aliphatic heterocycles. The number of pyridine rings is 1. The van der Waals surface area contributed by atoms with E-state index in [1.165, 1.54) is 19.5 Å². The van der Waals surface area contributed by atoms with E-state index < -0.39 is 23.9 Å². The number of hydrogen-bond donors (Lipinski definition) is 2. The van der Waals surface area contributed by atoms with Gasteiger partial charge in [-0.15, -0.1) is 0 Å². The quantitative estimate of drug-likeness (QED) is 0.616. The van der Waals surface area contributed by atoms with Crippen molar-refractivity contribution in [3.05, 3.63) is 48.1 Å². The lowest BCUT2D eigenvalue weighted by molar-refractivity contribution is -0.142. The highest BCUT2D eigenvalue weighted by Gasteiger charge is 2.23. The van der Waals surface area contributed by atoms with E-state index in [4.69, 9.17) is 0 Å². The number of halogens is 1. The summed E-state index contributed by atoms with van der Waals surface area (Å²) in [5, 5.41) is 2.52. The topological polar surface area (TPSA) is 97.0 Å². The summed E-state index contributed by atoms with van der Waals surface area (Å²) in [6.45, 7) is 0. The van der Waals surface area contributed by atoms with Crippen LogP contribution in [0.1, 0.15) is 16.1 Å². The van der Waals surface area contributed by atoms with Crippen molar-refractivity contribution in [3.8, 4) is 0 Å². The average Bonchev–Trinajstić information content (AvgIpc) is 2.99. The maximum absolute atomic E-state index is 12.7. The van der Waals surface area contributed by atoms with Gasteiger partial charge in [-0.3, -0.25) is 4.79 Å². The third-order valence-electron chi connectivity index (χ3n) is 2.76. The summed E-state index contributed by atoms with van der Waals surface area (Å²) in [7, 11) is 1.23. The van der Waals surface area contributed by atoms with Gasteiger partial charge in [0.15, 0.2) is 0 Å². The van der Waals surface area contributed by atoms with Crippen LogP contribution < -0.4 is 5.32 Å². The molecule has 2 heterocycles. The highest BCUT2D eigenvalue weighted by atomic mass is 19.1. The molecule has 1 atom stereocenters. The van der Waals surface area contributed by atoms with Gasteiger partial charge in [0, 0.05) is 24.5 Å². The largest absolute Gasteiger partial charge is 0.467 e. The molecule has 0 unspecified atom stereocenters. The number of aromatic nitrogens is 3. The minimum absolute atomic E-state index is 0.148. The van der Waals surface area contributed by atoms with Crippen LogP contribution in [0.2, 0.25) is 0 Å². The fourth-order valence-corrected chi connectivity index (χ4v) is 1.70. The number of amides is 1. The normalized spacial score (nSPS) is 11.7. The van der Waals surface area contributed by atoms with Crippen molar-refractivity contribution in [3.63, 3.8) is 0 Å². The van der Waals surface area contributed by atoms with E-state index in [0.29, 0.717) is 5.69 Å². The number of H-pyrrole nitrogens is 1. The molecule has 0 spiro atoms. The molecule has 0 saturated carbocycles. The van der Waals surface area contributed by atoms with Crippen LogP contribution in [0.25, 0.3) is 0 Å². The Morgan fingerprint density at radius 2 is 2.24 bits per heavy atom. The van der Waals surface area contributed by atoms with E-state index in [0.717, 1.165) is 12.3 Å². The van der Waals surface area contributed by atoms with Crippen LogP contribution in [0.5, 0.6) is 0 Å². The SMILES string of the molecule is COC(=O)[C@H](Cc1cnc[nH]1)NC(=O)c1ccc(F)nc1. The van der Waals surface area contributed by atoms with E-state index in [9.17, 15) is 14.0 Å². The maximum atomic E-state index is 12.7. The molecule has 1 amide bonds. The molecule has 0 aromatic carbocycles. The molecule has 0 aliphatic rings. The number of hydrogen-bond acceptors (Lipinski definition) is 5. The van der Waals surface area contributed by atoms with Crippen molar-refractivity contribution in [1.82, 2.24) is 20.3 Å². The minimum atomic E-state index is -0.881. The molecule has 0 bridgehead atoms. The van der Waals surface area contributed by atoms with Gasteiger partial charge in [0.05, 0.1) is 19.0 Å². The monoisotopic (exact) mass is 292 g/mol. The summed E-state index contributed by atoms with van der Waals surface area (Å²) in [6, 6.07) is 1.46. The number of nitrogens with zero attached hydrogens (tertiary/aromatic N) is 2. The molecule has 21 heavy (non-hydrogen) atoms. The highest BCUT2D eigenvalue weighted by Crippen LogP contribution is 2.04. The van der Waals surface area contributed by atoms with E-state index in [2.05, 4.69) is 25.0 Å². The van der Waals surface area contributed by atoms with Gasteiger partial charge in [0.2, 0.25) is 5.95 Å². The van der Waals surface area contributed by atoms with Gasteiger partial charge >= 0.3 is 5.97 Å². The zero-order valence-electron chi connectivity index (χ0n) is 11.2. The first-order valence-corrected chi connectivity index (χ1v) is 6.07. The second-order valence-corrected chi connectivity index (χ2v) is 4.20. The lowest BCUT2D eigenvalue weighted by Gasteiger charge is -2.15. The Balaban J connectivity index is 2.09. The van der Waals surface area contributed by atoms with Gasteiger partial charge in [-0.2, -0.15) is 4.39 Å². The van der Waals surface area contributed by atoms with Crippen molar-refractivity contribution < 1.29 is 18.7 Å². The van der Waals surface area contributed by atoms with E-state index in [-0.39, 0.29) is 12.0 Å². The van der Waals surface area contributed by atoms with E-state index >= 15 is 0 Å². The van der Waals surface area contributed by atoms with Crippen LogP contribution >= 0.6 is 0 Å². The van der Waals surface area contributed by atoms with Gasteiger partial charge in [-0.25, -0.2) is 14.8 Å². The second-order valence-electron chi connectivity index (χ2n) is 4.20.